The van der Waals surface area contributed by atoms with Crippen LogP contribution >= 0.6 is 0 Å². The molecule has 116 valence electrons. The predicted molar refractivity (Wildman–Crippen MR) is 81.4 cm³/mol. The quantitative estimate of drug-likeness (QED) is 0.836. The number of carbonyl (C=O) groups is 1. The summed E-state index contributed by atoms with van der Waals surface area (Å²) in [5.41, 5.74) is 1.16. The molecule has 5 heteroatoms. The number of benzene rings is 1. The number of phenols is 1. The van der Waals surface area contributed by atoms with E-state index in [4.69, 9.17) is 4.74 Å². The van der Waals surface area contributed by atoms with E-state index in [0.29, 0.717) is 19.7 Å². The molecule has 0 aromatic heterocycles. The number of aromatic hydroxyl groups is 1. The topological polar surface area (TPSA) is 61.8 Å². The first-order valence-corrected chi connectivity index (χ1v) is 7.52. The number of phenolic OH excluding ortho intramolecular Hbond substituents is 1. The Labute approximate surface area is 125 Å². The van der Waals surface area contributed by atoms with Crippen LogP contribution in [0.1, 0.15) is 25.8 Å². The SMILES string of the molecule is C[C@@H]1OCCN(C(=O)NCCCc2ccc(O)cc2)[C@@H]1C. The fraction of sp³-hybridized carbons (Fsp3) is 0.562. The molecule has 0 saturated carbocycles. The number of morpholine rings is 1. The van der Waals surface area contributed by atoms with Gasteiger partial charge in [0.15, 0.2) is 0 Å². The van der Waals surface area contributed by atoms with E-state index in [2.05, 4.69) is 5.32 Å². The van der Waals surface area contributed by atoms with E-state index < -0.39 is 0 Å². The van der Waals surface area contributed by atoms with Gasteiger partial charge in [-0.2, -0.15) is 0 Å². The molecule has 1 aromatic rings. The summed E-state index contributed by atoms with van der Waals surface area (Å²) in [4.78, 5) is 14.0. The number of ether oxygens (including phenoxy) is 1. The smallest absolute Gasteiger partial charge is 0.317 e. The summed E-state index contributed by atoms with van der Waals surface area (Å²) in [6, 6.07) is 7.28. The van der Waals surface area contributed by atoms with Crippen LogP contribution < -0.4 is 5.32 Å². The van der Waals surface area contributed by atoms with Gasteiger partial charge in [-0.25, -0.2) is 4.79 Å². The van der Waals surface area contributed by atoms with Gasteiger partial charge in [0, 0.05) is 13.1 Å². The molecule has 1 aliphatic rings. The summed E-state index contributed by atoms with van der Waals surface area (Å²) in [6.07, 6.45) is 1.85. The van der Waals surface area contributed by atoms with Crippen molar-refractivity contribution in [1.82, 2.24) is 10.2 Å². The van der Waals surface area contributed by atoms with Crippen molar-refractivity contribution in [2.45, 2.75) is 38.8 Å². The Balaban J connectivity index is 1.70. The van der Waals surface area contributed by atoms with Crippen molar-refractivity contribution >= 4 is 6.03 Å². The van der Waals surface area contributed by atoms with Crippen LogP contribution in [-0.4, -0.2) is 47.9 Å². The van der Waals surface area contributed by atoms with Crippen molar-refractivity contribution in [2.75, 3.05) is 19.7 Å². The van der Waals surface area contributed by atoms with Crippen LogP contribution in [0.5, 0.6) is 5.75 Å². The third-order valence-electron chi connectivity index (χ3n) is 4.00. The molecule has 21 heavy (non-hydrogen) atoms. The third-order valence-corrected chi connectivity index (χ3v) is 4.00. The molecule has 2 atom stereocenters. The molecular formula is C16H24N2O3. The molecule has 0 aliphatic carbocycles. The first kappa shape index (κ1) is 15.6. The average molecular weight is 292 g/mol. The second-order valence-corrected chi connectivity index (χ2v) is 5.51. The number of nitrogens with one attached hydrogen (secondary N) is 1. The molecule has 2 N–H and O–H groups in total. The lowest BCUT2D eigenvalue weighted by Gasteiger charge is -2.37. The highest BCUT2D eigenvalue weighted by molar-refractivity contribution is 5.74. The number of amides is 2. The molecule has 2 amide bonds. The van der Waals surface area contributed by atoms with Gasteiger partial charge in [-0.05, 0) is 44.4 Å². The number of hydrogen-bond donors (Lipinski definition) is 2. The predicted octanol–water partition coefficient (Wildman–Crippen LogP) is 2.14. The van der Waals surface area contributed by atoms with E-state index in [1.807, 2.05) is 30.9 Å². The lowest BCUT2D eigenvalue weighted by atomic mass is 10.1. The summed E-state index contributed by atoms with van der Waals surface area (Å²) in [5, 5.41) is 12.2. The highest BCUT2D eigenvalue weighted by Crippen LogP contribution is 2.13. The molecule has 1 heterocycles. The zero-order chi connectivity index (χ0) is 15.2. The van der Waals surface area contributed by atoms with E-state index in [1.165, 1.54) is 0 Å². The summed E-state index contributed by atoms with van der Waals surface area (Å²) in [6.45, 7) is 5.91. The van der Waals surface area contributed by atoms with Gasteiger partial charge >= 0.3 is 6.03 Å². The number of carbonyl (C=O) groups excluding carboxylic acids is 1. The second kappa shape index (κ2) is 7.31. The number of urea groups is 1. The second-order valence-electron chi connectivity index (χ2n) is 5.51. The summed E-state index contributed by atoms with van der Waals surface area (Å²) < 4.78 is 5.52. The first-order valence-electron chi connectivity index (χ1n) is 7.52. The molecule has 1 fully saturated rings. The Bertz CT molecular complexity index is 461. The molecule has 1 saturated heterocycles. The van der Waals surface area contributed by atoms with E-state index in [1.54, 1.807) is 12.1 Å². The maximum absolute atomic E-state index is 12.1. The Morgan fingerprint density at radius 2 is 2.10 bits per heavy atom. The average Bonchev–Trinajstić information content (AvgIpc) is 2.48. The molecule has 0 spiro atoms. The molecule has 0 bridgehead atoms. The van der Waals surface area contributed by atoms with Gasteiger partial charge in [-0.15, -0.1) is 0 Å². The molecule has 1 aliphatic heterocycles. The minimum absolute atomic E-state index is 0.0108. The highest BCUT2D eigenvalue weighted by Gasteiger charge is 2.28. The van der Waals surface area contributed by atoms with E-state index in [9.17, 15) is 9.90 Å². The van der Waals surface area contributed by atoms with Gasteiger partial charge in [0.25, 0.3) is 0 Å². The molecular weight excluding hydrogens is 268 g/mol. The van der Waals surface area contributed by atoms with Gasteiger partial charge in [-0.3, -0.25) is 0 Å². The monoisotopic (exact) mass is 292 g/mol. The minimum atomic E-state index is -0.0108. The Kier molecular flexibility index (Phi) is 5.44. The molecule has 0 unspecified atom stereocenters. The molecule has 0 radical (unpaired) electrons. The van der Waals surface area contributed by atoms with Crippen LogP contribution in [0, 0.1) is 0 Å². The lowest BCUT2D eigenvalue weighted by Crippen LogP contribution is -2.54. The van der Waals surface area contributed by atoms with E-state index in [0.717, 1.165) is 18.4 Å². The van der Waals surface area contributed by atoms with Crippen LogP contribution in [0.25, 0.3) is 0 Å². The van der Waals surface area contributed by atoms with Crippen molar-refractivity contribution in [1.29, 1.82) is 0 Å². The van der Waals surface area contributed by atoms with Crippen LogP contribution in [-0.2, 0) is 11.2 Å². The van der Waals surface area contributed by atoms with Crippen molar-refractivity contribution in [3.05, 3.63) is 29.8 Å². The van der Waals surface area contributed by atoms with Gasteiger partial charge in [0.2, 0.25) is 0 Å². The first-order chi connectivity index (χ1) is 10.1. The van der Waals surface area contributed by atoms with Gasteiger partial charge < -0.3 is 20.1 Å². The number of aryl methyl sites for hydroxylation is 1. The Morgan fingerprint density at radius 1 is 1.38 bits per heavy atom. The molecule has 2 rings (SSSR count). The van der Waals surface area contributed by atoms with Crippen LogP contribution in [0.3, 0.4) is 0 Å². The fourth-order valence-electron chi connectivity index (χ4n) is 2.47. The van der Waals surface area contributed by atoms with Crippen LogP contribution in [0.15, 0.2) is 24.3 Å². The van der Waals surface area contributed by atoms with Crippen molar-refractivity contribution < 1.29 is 14.6 Å². The standard InChI is InChI=1S/C16H24N2O3/c1-12-13(2)21-11-10-18(12)16(20)17-9-3-4-14-5-7-15(19)8-6-14/h5-8,12-13,19H,3-4,9-11H2,1-2H3,(H,17,20)/t12-,13+/m1/s1. The van der Waals surface area contributed by atoms with E-state index >= 15 is 0 Å². The highest BCUT2D eigenvalue weighted by atomic mass is 16.5. The van der Waals surface area contributed by atoms with Gasteiger partial charge in [0.1, 0.15) is 5.75 Å². The third kappa shape index (κ3) is 4.36. The lowest BCUT2D eigenvalue weighted by molar-refractivity contribution is -0.0375. The zero-order valence-corrected chi connectivity index (χ0v) is 12.7. The normalized spacial score (nSPS) is 22.1. The Morgan fingerprint density at radius 3 is 2.81 bits per heavy atom. The van der Waals surface area contributed by atoms with Gasteiger partial charge in [0.05, 0.1) is 18.8 Å². The number of nitrogens with zero attached hydrogens (tertiary/aromatic N) is 1. The summed E-state index contributed by atoms with van der Waals surface area (Å²) in [7, 11) is 0. The summed E-state index contributed by atoms with van der Waals surface area (Å²) in [5.74, 6) is 0.280. The maximum atomic E-state index is 12.1. The minimum Gasteiger partial charge on any atom is -0.508 e. The van der Waals surface area contributed by atoms with Crippen molar-refractivity contribution in [3.8, 4) is 5.75 Å². The molecule has 5 nitrogen and oxygen atoms in total. The van der Waals surface area contributed by atoms with E-state index in [-0.39, 0.29) is 23.9 Å². The molecule has 1 aromatic carbocycles. The number of hydrogen-bond acceptors (Lipinski definition) is 3. The van der Waals surface area contributed by atoms with Gasteiger partial charge in [-0.1, -0.05) is 12.1 Å². The fourth-order valence-corrected chi connectivity index (χ4v) is 2.47. The maximum Gasteiger partial charge on any atom is 0.317 e. The van der Waals surface area contributed by atoms with Crippen LogP contribution in [0.2, 0.25) is 0 Å². The number of rotatable bonds is 4. The summed E-state index contributed by atoms with van der Waals surface area (Å²) >= 11 is 0. The Hall–Kier alpha value is -1.75. The van der Waals surface area contributed by atoms with Crippen molar-refractivity contribution in [3.63, 3.8) is 0 Å². The zero-order valence-electron chi connectivity index (χ0n) is 12.7. The largest absolute Gasteiger partial charge is 0.508 e. The van der Waals surface area contributed by atoms with Crippen molar-refractivity contribution in [2.24, 2.45) is 0 Å². The van der Waals surface area contributed by atoms with Crippen LogP contribution in [0.4, 0.5) is 4.79 Å².